The van der Waals surface area contributed by atoms with Crippen LogP contribution in [-0.2, 0) is 20.9 Å². The van der Waals surface area contributed by atoms with E-state index in [1.165, 1.54) is 0 Å². The number of nitrogens with two attached hydrogens (primary N) is 1. The number of guanidine groups is 1. The number of nitrogens with one attached hydrogen (secondary N) is 2. The standard InChI is InChI=1S/C21H31N5O4/c1-3-23-21(26-11-5-6-17(14-26)20(29)30-4-2)25-12-15-7-9-16(10-8-15)19(28)24-13-18(22)27/h7-10,17H,3-6,11-14H2,1-2H3,(H2,22,27)(H,23,25)(H,24,28). The Morgan fingerprint density at radius 3 is 2.57 bits per heavy atom. The normalized spacial score (nSPS) is 16.7. The molecule has 0 aliphatic carbocycles. The van der Waals surface area contributed by atoms with Crippen molar-refractivity contribution in [2.45, 2.75) is 33.2 Å². The van der Waals surface area contributed by atoms with Gasteiger partial charge in [-0.25, -0.2) is 4.99 Å². The summed E-state index contributed by atoms with van der Waals surface area (Å²) >= 11 is 0. The number of nitrogens with zero attached hydrogens (tertiary/aromatic N) is 2. The smallest absolute Gasteiger partial charge is 0.310 e. The van der Waals surface area contributed by atoms with Gasteiger partial charge in [0.15, 0.2) is 5.96 Å². The Kier molecular flexibility index (Phi) is 9.11. The predicted molar refractivity (Wildman–Crippen MR) is 114 cm³/mol. The van der Waals surface area contributed by atoms with Gasteiger partial charge in [-0.1, -0.05) is 12.1 Å². The van der Waals surface area contributed by atoms with Crippen LogP contribution < -0.4 is 16.4 Å². The van der Waals surface area contributed by atoms with E-state index in [4.69, 9.17) is 15.5 Å². The summed E-state index contributed by atoms with van der Waals surface area (Å²) in [6.45, 7) is 6.59. The number of carbonyl (C=O) groups excluding carboxylic acids is 3. The SMILES string of the molecule is CCNC(=NCc1ccc(C(=O)NCC(N)=O)cc1)N1CCCC(C(=O)OCC)C1. The van der Waals surface area contributed by atoms with Gasteiger partial charge in [-0.3, -0.25) is 14.4 Å². The molecule has 1 aromatic carbocycles. The second kappa shape index (κ2) is 11.8. The number of benzene rings is 1. The van der Waals surface area contributed by atoms with Crippen LogP contribution in [0.1, 0.15) is 42.6 Å². The number of esters is 1. The van der Waals surface area contributed by atoms with E-state index in [2.05, 4.69) is 15.5 Å². The van der Waals surface area contributed by atoms with Crippen molar-refractivity contribution in [1.29, 1.82) is 0 Å². The van der Waals surface area contributed by atoms with Gasteiger partial charge in [-0.15, -0.1) is 0 Å². The third-order valence-corrected chi connectivity index (χ3v) is 4.73. The van der Waals surface area contributed by atoms with Crippen molar-refractivity contribution < 1.29 is 19.1 Å². The summed E-state index contributed by atoms with van der Waals surface area (Å²) < 4.78 is 5.18. The lowest BCUT2D eigenvalue weighted by molar-refractivity contribution is -0.149. The number of carbonyl (C=O) groups is 3. The second-order valence-corrected chi connectivity index (χ2v) is 7.05. The molecule has 30 heavy (non-hydrogen) atoms. The maximum atomic E-state index is 12.1. The molecule has 0 spiro atoms. The van der Waals surface area contributed by atoms with Crippen LogP contribution >= 0.6 is 0 Å². The molecular formula is C21H31N5O4. The van der Waals surface area contributed by atoms with E-state index in [9.17, 15) is 14.4 Å². The van der Waals surface area contributed by atoms with Gasteiger partial charge < -0.3 is 26.0 Å². The molecule has 4 N–H and O–H groups in total. The Balaban J connectivity index is 2.01. The monoisotopic (exact) mass is 417 g/mol. The van der Waals surface area contributed by atoms with E-state index in [1.54, 1.807) is 12.1 Å². The number of hydrogen-bond donors (Lipinski definition) is 3. The van der Waals surface area contributed by atoms with Crippen LogP contribution in [0.5, 0.6) is 0 Å². The minimum Gasteiger partial charge on any atom is -0.466 e. The number of piperidine rings is 1. The zero-order valence-corrected chi connectivity index (χ0v) is 17.6. The van der Waals surface area contributed by atoms with Crippen LogP contribution in [-0.4, -0.2) is 61.4 Å². The largest absolute Gasteiger partial charge is 0.466 e. The van der Waals surface area contributed by atoms with Gasteiger partial charge in [-0.2, -0.15) is 0 Å². The second-order valence-electron chi connectivity index (χ2n) is 7.05. The van der Waals surface area contributed by atoms with Crippen LogP contribution in [0.15, 0.2) is 29.3 Å². The van der Waals surface area contributed by atoms with Gasteiger partial charge in [0.05, 0.1) is 25.6 Å². The zero-order valence-electron chi connectivity index (χ0n) is 17.6. The number of primary amides is 1. The minimum absolute atomic E-state index is 0.138. The van der Waals surface area contributed by atoms with Gasteiger partial charge in [0, 0.05) is 25.2 Å². The topological polar surface area (TPSA) is 126 Å². The third-order valence-electron chi connectivity index (χ3n) is 4.73. The Labute approximate surface area is 177 Å². The van der Waals surface area contributed by atoms with Crippen LogP contribution in [0.4, 0.5) is 0 Å². The number of hydrogen-bond acceptors (Lipinski definition) is 5. The van der Waals surface area contributed by atoms with E-state index in [0.717, 1.165) is 37.5 Å². The molecule has 0 aromatic heterocycles. The van der Waals surface area contributed by atoms with E-state index >= 15 is 0 Å². The molecule has 1 aliphatic rings. The lowest BCUT2D eigenvalue weighted by Gasteiger charge is -2.34. The average molecular weight is 418 g/mol. The number of likely N-dealkylation sites (tertiary alicyclic amines) is 1. The fourth-order valence-electron chi connectivity index (χ4n) is 3.24. The summed E-state index contributed by atoms with van der Waals surface area (Å²) in [6.07, 6.45) is 1.73. The highest BCUT2D eigenvalue weighted by Crippen LogP contribution is 2.18. The summed E-state index contributed by atoms with van der Waals surface area (Å²) in [5.41, 5.74) is 6.42. The molecule has 9 heteroatoms. The molecule has 1 aromatic rings. The number of aliphatic imine (C=N–C) groups is 1. The highest BCUT2D eigenvalue weighted by Gasteiger charge is 2.28. The quantitative estimate of drug-likeness (QED) is 0.324. The summed E-state index contributed by atoms with van der Waals surface area (Å²) in [5.74, 6) is -0.470. The first kappa shape index (κ1) is 23.2. The highest BCUT2D eigenvalue weighted by atomic mass is 16.5. The van der Waals surface area contributed by atoms with Gasteiger partial charge in [0.25, 0.3) is 5.91 Å². The van der Waals surface area contributed by atoms with Crippen LogP contribution in [0.25, 0.3) is 0 Å². The molecule has 0 saturated carbocycles. The van der Waals surface area contributed by atoms with Gasteiger partial charge in [0.1, 0.15) is 0 Å². The van der Waals surface area contributed by atoms with Crippen molar-refractivity contribution in [1.82, 2.24) is 15.5 Å². The van der Waals surface area contributed by atoms with Crippen LogP contribution in [0, 0.1) is 5.92 Å². The fourth-order valence-corrected chi connectivity index (χ4v) is 3.24. The molecule has 9 nitrogen and oxygen atoms in total. The molecule has 164 valence electrons. The lowest BCUT2D eigenvalue weighted by atomic mass is 9.98. The van der Waals surface area contributed by atoms with Crippen LogP contribution in [0.2, 0.25) is 0 Å². The summed E-state index contributed by atoms with van der Waals surface area (Å²) in [5, 5.41) is 5.74. The molecule has 1 saturated heterocycles. The zero-order chi connectivity index (χ0) is 21.9. The van der Waals surface area contributed by atoms with Crippen molar-refractivity contribution in [3.8, 4) is 0 Å². The summed E-state index contributed by atoms with van der Waals surface area (Å²) in [6, 6.07) is 7.02. The molecule has 0 bridgehead atoms. The number of amides is 2. The molecule has 1 unspecified atom stereocenters. The molecule has 2 amide bonds. The molecule has 1 aliphatic heterocycles. The molecule has 1 heterocycles. The van der Waals surface area contributed by atoms with Crippen LogP contribution in [0.3, 0.4) is 0 Å². The molecule has 1 fully saturated rings. The van der Waals surface area contributed by atoms with Crippen molar-refractivity contribution in [3.05, 3.63) is 35.4 Å². The van der Waals surface area contributed by atoms with Crippen molar-refractivity contribution in [2.24, 2.45) is 16.6 Å². The number of ether oxygens (including phenoxy) is 1. The summed E-state index contributed by atoms with van der Waals surface area (Å²) in [7, 11) is 0. The Hall–Kier alpha value is -3.10. The lowest BCUT2D eigenvalue weighted by Crippen LogP contribution is -2.48. The first-order valence-corrected chi connectivity index (χ1v) is 10.3. The Morgan fingerprint density at radius 1 is 1.20 bits per heavy atom. The van der Waals surface area contributed by atoms with E-state index < -0.39 is 5.91 Å². The summed E-state index contributed by atoms with van der Waals surface area (Å²) in [4.78, 5) is 41.6. The van der Waals surface area contributed by atoms with E-state index in [-0.39, 0.29) is 24.3 Å². The first-order chi connectivity index (χ1) is 14.4. The maximum Gasteiger partial charge on any atom is 0.310 e. The number of rotatable bonds is 8. The Bertz CT molecular complexity index is 763. The minimum atomic E-state index is -0.590. The van der Waals surface area contributed by atoms with Gasteiger partial charge in [-0.05, 0) is 44.4 Å². The van der Waals surface area contributed by atoms with E-state index in [0.29, 0.717) is 25.3 Å². The maximum absolute atomic E-state index is 12.1. The molecule has 2 rings (SSSR count). The molecular weight excluding hydrogens is 386 g/mol. The van der Waals surface area contributed by atoms with E-state index in [1.807, 2.05) is 26.0 Å². The third kappa shape index (κ3) is 7.06. The van der Waals surface area contributed by atoms with Crippen molar-refractivity contribution in [2.75, 3.05) is 32.8 Å². The average Bonchev–Trinajstić information content (AvgIpc) is 2.75. The van der Waals surface area contributed by atoms with Gasteiger partial charge >= 0.3 is 5.97 Å². The fraction of sp³-hybridized carbons (Fsp3) is 0.524. The van der Waals surface area contributed by atoms with Crippen molar-refractivity contribution in [3.63, 3.8) is 0 Å². The molecule has 0 radical (unpaired) electrons. The molecule has 1 atom stereocenters. The van der Waals surface area contributed by atoms with Crippen molar-refractivity contribution >= 4 is 23.7 Å². The highest BCUT2D eigenvalue weighted by molar-refractivity contribution is 5.96. The first-order valence-electron chi connectivity index (χ1n) is 10.3. The Morgan fingerprint density at radius 2 is 1.93 bits per heavy atom. The van der Waals surface area contributed by atoms with Gasteiger partial charge in [0.2, 0.25) is 5.91 Å². The predicted octanol–water partition coefficient (Wildman–Crippen LogP) is 0.642.